The topological polar surface area (TPSA) is 57.7 Å². The Morgan fingerprint density at radius 3 is 2.50 bits per heavy atom. The fraction of sp³-hybridized carbons (Fsp3) is 0.381. The number of hydrogen-bond acceptors (Lipinski definition) is 3. The maximum absolute atomic E-state index is 13.3. The van der Waals surface area contributed by atoms with Crippen molar-refractivity contribution < 1.29 is 13.2 Å². The molecule has 7 heteroatoms. The van der Waals surface area contributed by atoms with Crippen molar-refractivity contribution in [2.24, 2.45) is 5.41 Å². The number of amides is 1. The predicted octanol–water partition coefficient (Wildman–Crippen LogP) is 3.86. The molecule has 2 aromatic rings. The van der Waals surface area contributed by atoms with Gasteiger partial charge < -0.3 is 4.90 Å². The first-order chi connectivity index (χ1) is 13.3. The normalized spacial score (nSPS) is 23.5. The van der Waals surface area contributed by atoms with Gasteiger partial charge in [0.25, 0.3) is 0 Å². The minimum absolute atomic E-state index is 0.0291. The van der Waals surface area contributed by atoms with E-state index in [1.165, 1.54) is 4.31 Å². The molecule has 2 saturated heterocycles. The number of hydrogen-bond donors (Lipinski definition) is 0. The highest BCUT2D eigenvalue weighted by Gasteiger charge is 2.51. The first-order valence-corrected chi connectivity index (χ1v) is 11.3. The van der Waals surface area contributed by atoms with Crippen LogP contribution < -0.4 is 4.90 Å². The fourth-order valence-corrected chi connectivity index (χ4v) is 6.40. The molecule has 0 radical (unpaired) electrons. The summed E-state index contributed by atoms with van der Waals surface area (Å²) in [4.78, 5) is 15.3. The highest BCUT2D eigenvalue weighted by molar-refractivity contribution is 7.89. The van der Waals surface area contributed by atoms with Crippen LogP contribution in [0.4, 0.5) is 5.69 Å². The number of nitrogens with zero attached hydrogens (tertiary/aromatic N) is 2. The Hall–Kier alpha value is -1.89. The molecule has 4 rings (SSSR count). The summed E-state index contributed by atoms with van der Waals surface area (Å²) in [6, 6.07) is 14.5. The van der Waals surface area contributed by atoms with E-state index in [0.29, 0.717) is 36.5 Å². The largest absolute Gasteiger partial charge is 0.312 e. The zero-order valence-corrected chi connectivity index (χ0v) is 17.3. The minimum atomic E-state index is -3.71. The van der Waals surface area contributed by atoms with E-state index in [0.717, 1.165) is 12.1 Å². The maximum Gasteiger partial charge on any atom is 0.243 e. The Labute approximate surface area is 171 Å². The standard InChI is InChI=1S/C21H23ClN2O3S/c1-16-18(22)9-5-10-19(16)28(26,27)23-13-6-11-21(15-23)12-14-24(20(21)25)17-7-3-2-4-8-17/h2-5,7-10H,6,11-15H2,1H3. The molecule has 0 bridgehead atoms. The van der Waals surface area contributed by atoms with Gasteiger partial charge in [-0.25, -0.2) is 8.42 Å². The first kappa shape index (κ1) is 19.4. The number of halogens is 1. The lowest BCUT2D eigenvalue weighted by Gasteiger charge is -2.38. The zero-order valence-electron chi connectivity index (χ0n) is 15.8. The molecule has 1 atom stereocenters. The average molecular weight is 419 g/mol. The average Bonchev–Trinajstić information content (AvgIpc) is 3.00. The second-order valence-electron chi connectivity index (χ2n) is 7.63. The second-order valence-corrected chi connectivity index (χ2v) is 9.94. The van der Waals surface area contributed by atoms with Crippen LogP contribution in [0.5, 0.6) is 0 Å². The van der Waals surface area contributed by atoms with E-state index >= 15 is 0 Å². The van der Waals surface area contributed by atoms with Gasteiger partial charge in [-0.2, -0.15) is 4.31 Å². The van der Waals surface area contributed by atoms with Crippen molar-refractivity contribution in [3.63, 3.8) is 0 Å². The molecule has 2 aliphatic heterocycles. The molecule has 148 valence electrons. The van der Waals surface area contributed by atoms with E-state index in [2.05, 4.69) is 0 Å². The number of carbonyl (C=O) groups excluding carboxylic acids is 1. The summed E-state index contributed by atoms with van der Waals surface area (Å²) >= 11 is 6.15. The molecule has 2 aromatic carbocycles. The third-order valence-electron chi connectivity index (χ3n) is 5.96. The lowest BCUT2D eigenvalue weighted by atomic mass is 9.79. The molecule has 2 heterocycles. The Morgan fingerprint density at radius 2 is 1.75 bits per heavy atom. The van der Waals surface area contributed by atoms with Crippen LogP contribution in [0.3, 0.4) is 0 Å². The molecule has 1 spiro atoms. The van der Waals surface area contributed by atoms with E-state index in [1.807, 2.05) is 30.3 Å². The third-order valence-corrected chi connectivity index (χ3v) is 8.36. The van der Waals surface area contributed by atoms with Crippen LogP contribution in [-0.4, -0.2) is 38.3 Å². The molecule has 0 aliphatic carbocycles. The molecule has 1 amide bonds. The van der Waals surface area contributed by atoms with Crippen LogP contribution in [-0.2, 0) is 14.8 Å². The Bertz CT molecular complexity index is 1010. The number of piperidine rings is 1. The molecule has 2 aliphatic rings. The fourth-order valence-electron chi connectivity index (χ4n) is 4.35. The monoisotopic (exact) mass is 418 g/mol. The van der Waals surface area contributed by atoms with Crippen molar-refractivity contribution in [1.29, 1.82) is 0 Å². The Balaban J connectivity index is 1.63. The maximum atomic E-state index is 13.3. The number of carbonyl (C=O) groups is 1. The number of rotatable bonds is 3. The summed E-state index contributed by atoms with van der Waals surface area (Å²) < 4.78 is 28.1. The lowest BCUT2D eigenvalue weighted by molar-refractivity contribution is -0.127. The second kappa shape index (κ2) is 7.17. The number of para-hydroxylation sites is 1. The van der Waals surface area contributed by atoms with E-state index in [4.69, 9.17) is 11.6 Å². The highest BCUT2D eigenvalue weighted by atomic mass is 35.5. The van der Waals surface area contributed by atoms with E-state index in [-0.39, 0.29) is 17.3 Å². The molecule has 5 nitrogen and oxygen atoms in total. The van der Waals surface area contributed by atoms with E-state index in [1.54, 1.807) is 30.0 Å². The highest BCUT2D eigenvalue weighted by Crippen LogP contribution is 2.43. The molecule has 0 aromatic heterocycles. The zero-order chi connectivity index (χ0) is 19.9. The first-order valence-electron chi connectivity index (χ1n) is 9.47. The van der Waals surface area contributed by atoms with Crippen molar-refractivity contribution in [2.75, 3.05) is 24.5 Å². The van der Waals surface area contributed by atoms with Gasteiger partial charge in [0, 0.05) is 30.3 Å². The lowest BCUT2D eigenvalue weighted by Crippen LogP contribution is -2.49. The van der Waals surface area contributed by atoms with Gasteiger partial charge in [0.05, 0.1) is 10.3 Å². The van der Waals surface area contributed by atoms with Gasteiger partial charge >= 0.3 is 0 Å². The molecule has 2 fully saturated rings. The SMILES string of the molecule is Cc1c(Cl)cccc1S(=O)(=O)N1CCCC2(CCN(c3ccccc3)C2=O)C1. The van der Waals surface area contributed by atoms with Gasteiger partial charge in [-0.05, 0) is 56.0 Å². The van der Waals surface area contributed by atoms with Crippen molar-refractivity contribution in [2.45, 2.75) is 31.1 Å². The smallest absolute Gasteiger partial charge is 0.243 e. The summed E-state index contributed by atoms with van der Waals surface area (Å²) in [7, 11) is -3.71. The van der Waals surface area contributed by atoms with E-state index < -0.39 is 15.4 Å². The molecular weight excluding hydrogens is 396 g/mol. The van der Waals surface area contributed by atoms with Crippen molar-refractivity contribution in [3.8, 4) is 0 Å². The minimum Gasteiger partial charge on any atom is -0.312 e. The van der Waals surface area contributed by atoms with Crippen molar-refractivity contribution in [3.05, 3.63) is 59.1 Å². The van der Waals surface area contributed by atoms with Crippen LogP contribution in [0, 0.1) is 12.3 Å². The van der Waals surface area contributed by atoms with Gasteiger partial charge in [-0.15, -0.1) is 0 Å². The van der Waals surface area contributed by atoms with Crippen LogP contribution >= 0.6 is 11.6 Å². The summed E-state index contributed by atoms with van der Waals surface area (Å²) in [6.45, 7) is 2.98. The number of anilines is 1. The molecule has 0 N–H and O–H groups in total. The molecular formula is C21H23ClN2O3S. The van der Waals surface area contributed by atoms with Crippen LogP contribution in [0.25, 0.3) is 0 Å². The van der Waals surface area contributed by atoms with Crippen molar-refractivity contribution in [1.82, 2.24) is 4.31 Å². The molecule has 1 unspecified atom stereocenters. The van der Waals surface area contributed by atoms with Crippen LogP contribution in [0.1, 0.15) is 24.8 Å². The molecule has 0 saturated carbocycles. The number of benzene rings is 2. The van der Waals surface area contributed by atoms with Crippen molar-refractivity contribution >= 4 is 33.2 Å². The summed E-state index contributed by atoms with van der Waals surface area (Å²) in [5.74, 6) is 0.0291. The van der Waals surface area contributed by atoms with E-state index in [9.17, 15) is 13.2 Å². The third kappa shape index (κ3) is 3.13. The summed E-state index contributed by atoms with van der Waals surface area (Å²) in [5, 5.41) is 0.431. The Morgan fingerprint density at radius 1 is 1.00 bits per heavy atom. The van der Waals surface area contributed by atoms with Gasteiger partial charge in [0.15, 0.2) is 0 Å². The van der Waals surface area contributed by atoms with Crippen LogP contribution in [0.15, 0.2) is 53.4 Å². The van der Waals surface area contributed by atoms with Gasteiger partial charge in [-0.3, -0.25) is 4.79 Å². The molecule has 28 heavy (non-hydrogen) atoms. The van der Waals surface area contributed by atoms with Gasteiger partial charge in [0.2, 0.25) is 15.9 Å². The predicted molar refractivity (Wildman–Crippen MR) is 110 cm³/mol. The van der Waals surface area contributed by atoms with Crippen LogP contribution in [0.2, 0.25) is 5.02 Å². The quantitative estimate of drug-likeness (QED) is 0.760. The summed E-state index contributed by atoms with van der Waals surface area (Å²) in [5.41, 5.74) is 0.774. The Kier molecular flexibility index (Phi) is 4.98. The summed E-state index contributed by atoms with van der Waals surface area (Å²) in [6.07, 6.45) is 2.06. The van der Waals surface area contributed by atoms with Gasteiger partial charge in [-0.1, -0.05) is 35.9 Å². The number of sulfonamides is 1. The van der Waals surface area contributed by atoms with Gasteiger partial charge in [0.1, 0.15) is 0 Å².